The molecule has 3 rings (SSSR count). The third-order valence-electron chi connectivity index (χ3n) is 5.63. The van der Waals surface area contributed by atoms with Gasteiger partial charge in [-0.1, -0.05) is 53.6 Å². The van der Waals surface area contributed by atoms with E-state index in [1.807, 2.05) is 6.92 Å². The van der Waals surface area contributed by atoms with Crippen LogP contribution in [0.5, 0.6) is 0 Å². The molecule has 1 unspecified atom stereocenters. The van der Waals surface area contributed by atoms with Crippen LogP contribution in [0.4, 0.5) is 0 Å². The number of nitrogens with one attached hydrogen (secondary N) is 1. The average Bonchev–Trinajstić information content (AvgIpc) is 2.68. The van der Waals surface area contributed by atoms with Crippen molar-refractivity contribution < 1.29 is 14.6 Å². The van der Waals surface area contributed by atoms with E-state index in [1.54, 1.807) is 0 Å². The van der Waals surface area contributed by atoms with Crippen LogP contribution in [0, 0.1) is 19.3 Å². The molecule has 0 bridgehead atoms. The Morgan fingerprint density at radius 2 is 1.68 bits per heavy atom. The molecule has 28 heavy (non-hydrogen) atoms. The van der Waals surface area contributed by atoms with Crippen molar-refractivity contribution in [3.05, 3.63) is 59.2 Å². The molecule has 0 radical (unpaired) electrons. The molecule has 1 saturated heterocycles. The minimum Gasteiger partial charge on any atom is -0.394 e. The SMILES string of the molecule is Cc1cc(C)cc(-c2ccc(CC3(C(=O)NC(C)CO)CCOCC3)cc2)c1. The first kappa shape index (κ1) is 20.6. The molecule has 1 aliphatic heterocycles. The van der Waals surface area contributed by atoms with Gasteiger partial charge in [0.2, 0.25) is 5.91 Å². The highest BCUT2D eigenvalue weighted by molar-refractivity contribution is 5.83. The lowest BCUT2D eigenvalue weighted by molar-refractivity contribution is -0.137. The van der Waals surface area contributed by atoms with Gasteiger partial charge < -0.3 is 15.2 Å². The first-order chi connectivity index (χ1) is 13.4. The van der Waals surface area contributed by atoms with Gasteiger partial charge in [0.1, 0.15) is 0 Å². The van der Waals surface area contributed by atoms with Crippen molar-refractivity contribution in [1.29, 1.82) is 0 Å². The predicted molar refractivity (Wildman–Crippen MR) is 112 cm³/mol. The Morgan fingerprint density at radius 3 is 2.25 bits per heavy atom. The molecule has 4 heteroatoms. The van der Waals surface area contributed by atoms with Crippen LogP contribution in [0.1, 0.15) is 36.5 Å². The van der Waals surface area contributed by atoms with E-state index in [4.69, 9.17) is 4.74 Å². The Labute approximate surface area is 167 Å². The fourth-order valence-corrected chi connectivity index (χ4v) is 4.02. The Balaban J connectivity index is 1.80. The fourth-order valence-electron chi connectivity index (χ4n) is 4.02. The van der Waals surface area contributed by atoms with E-state index in [9.17, 15) is 9.90 Å². The summed E-state index contributed by atoms with van der Waals surface area (Å²) < 4.78 is 5.51. The number of aliphatic hydroxyl groups excluding tert-OH is 1. The highest BCUT2D eigenvalue weighted by atomic mass is 16.5. The van der Waals surface area contributed by atoms with Crippen molar-refractivity contribution in [3.63, 3.8) is 0 Å². The molecule has 1 atom stereocenters. The van der Waals surface area contributed by atoms with Gasteiger partial charge in [0.05, 0.1) is 12.0 Å². The van der Waals surface area contributed by atoms with Gasteiger partial charge in [-0.05, 0) is 56.7 Å². The summed E-state index contributed by atoms with van der Waals surface area (Å²) in [5.74, 6) is 0.0238. The lowest BCUT2D eigenvalue weighted by Gasteiger charge is -2.36. The van der Waals surface area contributed by atoms with Gasteiger partial charge in [-0.3, -0.25) is 4.79 Å². The second-order valence-corrected chi connectivity index (χ2v) is 8.20. The van der Waals surface area contributed by atoms with E-state index in [-0.39, 0.29) is 18.6 Å². The van der Waals surface area contributed by atoms with Crippen molar-refractivity contribution in [1.82, 2.24) is 5.32 Å². The number of hydrogen-bond donors (Lipinski definition) is 2. The predicted octanol–water partition coefficient (Wildman–Crippen LogP) is 3.81. The number of amides is 1. The number of ether oxygens (including phenoxy) is 1. The molecule has 1 heterocycles. The van der Waals surface area contributed by atoms with Gasteiger partial charge >= 0.3 is 0 Å². The molecule has 4 nitrogen and oxygen atoms in total. The van der Waals surface area contributed by atoms with Crippen LogP contribution >= 0.6 is 0 Å². The molecule has 150 valence electrons. The number of carbonyl (C=O) groups is 1. The topological polar surface area (TPSA) is 58.6 Å². The van der Waals surface area contributed by atoms with Gasteiger partial charge in [-0.15, -0.1) is 0 Å². The van der Waals surface area contributed by atoms with Crippen molar-refractivity contribution in [2.24, 2.45) is 5.41 Å². The number of aryl methyl sites for hydroxylation is 2. The van der Waals surface area contributed by atoms with Crippen LogP contribution in [0.2, 0.25) is 0 Å². The molecule has 0 spiro atoms. The quantitative estimate of drug-likeness (QED) is 0.800. The lowest BCUT2D eigenvalue weighted by Crippen LogP contribution is -2.49. The highest BCUT2D eigenvalue weighted by Crippen LogP contribution is 2.35. The van der Waals surface area contributed by atoms with Crippen LogP contribution in [0.3, 0.4) is 0 Å². The number of aliphatic hydroxyl groups is 1. The molecule has 0 aromatic heterocycles. The molecule has 0 aliphatic carbocycles. The summed E-state index contributed by atoms with van der Waals surface area (Å²) in [6, 6.07) is 14.9. The smallest absolute Gasteiger partial charge is 0.227 e. The zero-order valence-electron chi connectivity index (χ0n) is 17.1. The van der Waals surface area contributed by atoms with E-state index >= 15 is 0 Å². The summed E-state index contributed by atoms with van der Waals surface area (Å²) in [6.07, 6.45) is 2.10. The highest BCUT2D eigenvalue weighted by Gasteiger charge is 2.40. The molecular weight excluding hydrogens is 350 g/mol. The maximum Gasteiger partial charge on any atom is 0.227 e. The molecule has 2 N–H and O–H groups in total. The van der Waals surface area contributed by atoms with Crippen LogP contribution in [-0.4, -0.2) is 36.9 Å². The fraction of sp³-hybridized carbons (Fsp3) is 0.458. The summed E-state index contributed by atoms with van der Waals surface area (Å²) in [7, 11) is 0. The summed E-state index contributed by atoms with van der Waals surface area (Å²) >= 11 is 0. The Hall–Kier alpha value is -2.17. The van der Waals surface area contributed by atoms with E-state index < -0.39 is 5.41 Å². The molecule has 1 amide bonds. The van der Waals surface area contributed by atoms with Crippen molar-refractivity contribution in [2.45, 2.75) is 46.1 Å². The number of carbonyl (C=O) groups excluding carboxylic acids is 1. The second-order valence-electron chi connectivity index (χ2n) is 8.20. The Bertz CT molecular complexity index is 787. The minimum atomic E-state index is -0.469. The monoisotopic (exact) mass is 381 g/mol. The van der Waals surface area contributed by atoms with Crippen LogP contribution < -0.4 is 5.32 Å². The van der Waals surface area contributed by atoms with Crippen LogP contribution in [0.15, 0.2) is 42.5 Å². The van der Waals surface area contributed by atoms with E-state index in [1.165, 1.54) is 22.3 Å². The Kier molecular flexibility index (Phi) is 6.53. The average molecular weight is 382 g/mol. The number of hydrogen-bond acceptors (Lipinski definition) is 3. The largest absolute Gasteiger partial charge is 0.394 e. The van der Waals surface area contributed by atoms with Crippen LogP contribution in [0.25, 0.3) is 11.1 Å². The van der Waals surface area contributed by atoms with E-state index in [0.717, 1.165) is 5.56 Å². The van der Waals surface area contributed by atoms with Gasteiger partial charge in [-0.25, -0.2) is 0 Å². The molecule has 0 saturated carbocycles. The van der Waals surface area contributed by atoms with Crippen LogP contribution in [-0.2, 0) is 16.0 Å². The number of rotatable bonds is 6. The first-order valence-corrected chi connectivity index (χ1v) is 10.1. The van der Waals surface area contributed by atoms with Gasteiger partial charge in [0.15, 0.2) is 0 Å². The molecule has 2 aromatic carbocycles. The van der Waals surface area contributed by atoms with Gasteiger partial charge in [-0.2, -0.15) is 0 Å². The summed E-state index contributed by atoms with van der Waals surface area (Å²) in [5, 5.41) is 12.3. The zero-order chi connectivity index (χ0) is 20.1. The normalized spacial score (nSPS) is 17.1. The maximum atomic E-state index is 13.0. The molecule has 1 aliphatic rings. The zero-order valence-corrected chi connectivity index (χ0v) is 17.1. The summed E-state index contributed by atoms with van der Waals surface area (Å²) in [6.45, 7) is 7.20. The van der Waals surface area contributed by atoms with Crippen molar-refractivity contribution >= 4 is 5.91 Å². The standard InChI is InChI=1S/C24H31NO3/c1-17-12-18(2)14-22(13-17)21-6-4-20(5-7-21)15-24(8-10-28-11-9-24)23(27)25-19(3)16-26/h4-7,12-14,19,26H,8-11,15-16H2,1-3H3,(H,25,27). The Morgan fingerprint density at radius 1 is 1.07 bits per heavy atom. The third kappa shape index (κ3) is 4.81. The second kappa shape index (κ2) is 8.89. The summed E-state index contributed by atoms with van der Waals surface area (Å²) in [5.41, 5.74) is 5.62. The summed E-state index contributed by atoms with van der Waals surface area (Å²) in [4.78, 5) is 13.0. The van der Waals surface area contributed by atoms with E-state index in [2.05, 4.69) is 61.6 Å². The lowest BCUT2D eigenvalue weighted by atomic mass is 9.74. The molecule has 2 aromatic rings. The molecule has 1 fully saturated rings. The third-order valence-corrected chi connectivity index (χ3v) is 5.63. The van der Waals surface area contributed by atoms with Crippen molar-refractivity contribution in [2.75, 3.05) is 19.8 Å². The first-order valence-electron chi connectivity index (χ1n) is 10.1. The van der Waals surface area contributed by atoms with E-state index in [0.29, 0.717) is 32.5 Å². The number of benzene rings is 2. The minimum absolute atomic E-state index is 0.0238. The molecular formula is C24H31NO3. The van der Waals surface area contributed by atoms with Gasteiger partial charge in [0, 0.05) is 19.3 Å². The van der Waals surface area contributed by atoms with Crippen molar-refractivity contribution in [3.8, 4) is 11.1 Å². The van der Waals surface area contributed by atoms with Gasteiger partial charge in [0.25, 0.3) is 0 Å². The maximum absolute atomic E-state index is 13.0.